The van der Waals surface area contributed by atoms with E-state index >= 15 is 0 Å². The molecule has 0 saturated carbocycles. The van der Waals surface area contributed by atoms with Gasteiger partial charge in [0.15, 0.2) is 5.82 Å². The number of rotatable bonds is 4. The molecule has 21 heavy (non-hydrogen) atoms. The Kier molecular flexibility index (Phi) is 3.86. The molecule has 3 rings (SSSR count). The summed E-state index contributed by atoms with van der Waals surface area (Å²) >= 11 is 0. The number of ether oxygens (including phenoxy) is 1. The average Bonchev–Trinajstić information content (AvgIpc) is 2.88. The first-order valence-electron chi connectivity index (χ1n) is 6.62. The third-order valence-electron chi connectivity index (χ3n) is 3.41. The van der Waals surface area contributed by atoms with Gasteiger partial charge < -0.3 is 9.30 Å². The summed E-state index contributed by atoms with van der Waals surface area (Å²) in [7, 11) is 1.56. The zero-order valence-corrected chi connectivity index (χ0v) is 12.8. The van der Waals surface area contributed by atoms with Crippen molar-refractivity contribution in [2.24, 2.45) is 0 Å². The molecule has 2 aromatic rings. The molecule has 0 fully saturated rings. The van der Waals surface area contributed by atoms with E-state index in [4.69, 9.17) is 15.4 Å². The van der Waals surface area contributed by atoms with Crippen molar-refractivity contribution in [2.45, 2.75) is 37.3 Å². The summed E-state index contributed by atoms with van der Waals surface area (Å²) in [5.74, 6) is 2.36. The fourth-order valence-electron chi connectivity index (χ4n) is 2.32. The first-order chi connectivity index (χ1) is 10.0. The fourth-order valence-corrected chi connectivity index (χ4v) is 3.09. The number of hydrogen-bond donors (Lipinski definition) is 0. The van der Waals surface area contributed by atoms with Crippen molar-refractivity contribution >= 4 is 19.7 Å². The zero-order chi connectivity index (χ0) is 14.9. The molecule has 0 unspecified atom stereocenters. The highest BCUT2D eigenvalue weighted by Crippen LogP contribution is 2.20. The quantitative estimate of drug-likeness (QED) is 0.804. The van der Waals surface area contributed by atoms with Crippen LogP contribution in [0.2, 0.25) is 0 Å². The molecule has 112 valence electrons. The summed E-state index contributed by atoms with van der Waals surface area (Å²) in [6.07, 6.45) is 3.23. The molecule has 0 atom stereocenters. The predicted octanol–water partition coefficient (Wildman–Crippen LogP) is 2.12. The number of fused-ring (bicyclic) bond motifs is 1. The van der Waals surface area contributed by atoms with Crippen LogP contribution in [0.1, 0.15) is 24.5 Å². The third-order valence-corrected chi connectivity index (χ3v) is 4.78. The minimum atomic E-state index is -3.70. The predicted molar refractivity (Wildman–Crippen MR) is 76.8 cm³/mol. The van der Waals surface area contributed by atoms with Gasteiger partial charge in [0.1, 0.15) is 18.2 Å². The number of nitrogens with zero attached hydrogens (tertiary/aromatic N) is 3. The van der Waals surface area contributed by atoms with Crippen LogP contribution in [0.3, 0.4) is 0 Å². The monoisotopic (exact) mass is 327 g/mol. The molecule has 0 amide bonds. The summed E-state index contributed by atoms with van der Waals surface area (Å²) in [5.41, 5.74) is 0. The van der Waals surface area contributed by atoms with Crippen molar-refractivity contribution in [1.82, 2.24) is 14.8 Å². The summed E-state index contributed by atoms with van der Waals surface area (Å²) in [5, 5.41) is 8.29. The first-order valence-corrected chi connectivity index (χ1v) is 8.93. The van der Waals surface area contributed by atoms with Crippen molar-refractivity contribution in [3.63, 3.8) is 0 Å². The molecule has 2 heterocycles. The smallest absolute Gasteiger partial charge is 0.261 e. The van der Waals surface area contributed by atoms with E-state index in [1.54, 1.807) is 12.1 Å². The standard InChI is InChI=1S/C13H14ClN3O3S/c14-21(18,19)11-6-4-10(5-7-11)20-9-13-16-15-12-3-1-2-8-17(12)13/h4-7H,1-3,8-9H2. The highest BCUT2D eigenvalue weighted by molar-refractivity contribution is 8.13. The lowest BCUT2D eigenvalue weighted by Gasteiger charge is -2.14. The van der Waals surface area contributed by atoms with Crippen molar-refractivity contribution in [2.75, 3.05) is 0 Å². The molecule has 1 aromatic heterocycles. The van der Waals surface area contributed by atoms with Gasteiger partial charge >= 0.3 is 0 Å². The molecule has 1 aromatic carbocycles. The maximum Gasteiger partial charge on any atom is 0.261 e. The Morgan fingerprint density at radius 2 is 1.95 bits per heavy atom. The lowest BCUT2D eigenvalue weighted by atomic mass is 10.2. The number of benzene rings is 1. The van der Waals surface area contributed by atoms with E-state index in [0.29, 0.717) is 12.4 Å². The number of hydrogen-bond acceptors (Lipinski definition) is 5. The van der Waals surface area contributed by atoms with Crippen LogP contribution in [-0.4, -0.2) is 23.2 Å². The molecular formula is C13H14ClN3O3S. The summed E-state index contributed by atoms with van der Waals surface area (Å²) in [4.78, 5) is 0.0522. The van der Waals surface area contributed by atoms with Gasteiger partial charge in [0.25, 0.3) is 9.05 Å². The van der Waals surface area contributed by atoms with Gasteiger partial charge in [-0.15, -0.1) is 10.2 Å². The molecule has 0 N–H and O–H groups in total. The van der Waals surface area contributed by atoms with Crippen molar-refractivity contribution in [3.05, 3.63) is 35.9 Å². The van der Waals surface area contributed by atoms with Gasteiger partial charge in [0, 0.05) is 23.6 Å². The van der Waals surface area contributed by atoms with E-state index in [1.165, 1.54) is 12.1 Å². The second-order valence-electron chi connectivity index (χ2n) is 4.84. The number of aryl methyl sites for hydroxylation is 1. The molecule has 0 saturated heterocycles. The van der Waals surface area contributed by atoms with Gasteiger partial charge in [-0.3, -0.25) is 0 Å². The molecule has 0 aliphatic carbocycles. The third kappa shape index (κ3) is 3.19. The Morgan fingerprint density at radius 1 is 1.19 bits per heavy atom. The van der Waals surface area contributed by atoms with Crippen LogP contribution in [0.15, 0.2) is 29.2 Å². The van der Waals surface area contributed by atoms with Gasteiger partial charge in [0.05, 0.1) is 4.90 Å². The van der Waals surface area contributed by atoms with Crippen LogP contribution in [-0.2, 0) is 28.6 Å². The molecule has 6 nitrogen and oxygen atoms in total. The van der Waals surface area contributed by atoms with Gasteiger partial charge in [0.2, 0.25) is 0 Å². The maximum atomic E-state index is 11.2. The zero-order valence-electron chi connectivity index (χ0n) is 11.2. The summed E-state index contributed by atoms with van der Waals surface area (Å²) in [6.45, 7) is 1.23. The Balaban J connectivity index is 1.69. The van der Waals surface area contributed by atoms with E-state index in [2.05, 4.69) is 14.8 Å². The van der Waals surface area contributed by atoms with Crippen molar-refractivity contribution in [3.8, 4) is 5.75 Å². The van der Waals surface area contributed by atoms with E-state index in [0.717, 1.165) is 37.5 Å². The van der Waals surface area contributed by atoms with Gasteiger partial charge in [-0.2, -0.15) is 0 Å². The van der Waals surface area contributed by atoms with Crippen molar-refractivity contribution < 1.29 is 13.2 Å². The molecule has 8 heteroatoms. The largest absolute Gasteiger partial charge is 0.486 e. The molecular weight excluding hydrogens is 314 g/mol. The first kappa shape index (κ1) is 14.3. The second kappa shape index (κ2) is 5.65. The number of halogens is 1. The maximum absolute atomic E-state index is 11.2. The molecule has 0 bridgehead atoms. The SMILES string of the molecule is O=S(=O)(Cl)c1ccc(OCc2nnc3n2CCCC3)cc1. The van der Waals surface area contributed by atoms with Gasteiger partial charge in [-0.05, 0) is 37.1 Å². The van der Waals surface area contributed by atoms with Crippen LogP contribution >= 0.6 is 10.7 Å². The molecule has 0 spiro atoms. The highest BCUT2D eigenvalue weighted by Gasteiger charge is 2.16. The Labute approximate surface area is 127 Å². The highest BCUT2D eigenvalue weighted by atomic mass is 35.7. The molecule has 0 radical (unpaired) electrons. The van der Waals surface area contributed by atoms with Gasteiger partial charge in [-0.1, -0.05) is 0 Å². The number of aromatic nitrogens is 3. The summed E-state index contributed by atoms with van der Waals surface area (Å²) < 4.78 is 30.0. The fraction of sp³-hybridized carbons (Fsp3) is 0.385. The normalized spacial score (nSPS) is 14.7. The average molecular weight is 328 g/mol. The van der Waals surface area contributed by atoms with E-state index in [9.17, 15) is 8.42 Å². The van der Waals surface area contributed by atoms with E-state index in [1.807, 2.05) is 0 Å². The lowest BCUT2D eigenvalue weighted by molar-refractivity contribution is 0.286. The van der Waals surface area contributed by atoms with E-state index < -0.39 is 9.05 Å². The Hall–Kier alpha value is -1.60. The van der Waals surface area contributed by atoms with Crippen LogP contribution < -0.4 is 4.74 Å². The van der Waals surface area contributed by atoms with Crippen LogP contribution in [0, 0.1) is 0 Å². The van der Waals surface area contributed by atoms with Crippen LogP contribution in [0.4, 0.5) is 0 Å². The lowest BCUT2D eigenvalue weighted by Crippen LogP contribution is -2.14. The van der Waals surface area contributed by atoms with Crippen LogP contribution in [0.5, 0.6) is 5.75 Å². The minimum Gasteiger partial charge on any atom is -0.486 e. The topological polar surface area (TPSA) is 74.1 Å². The molecule has 1 aliphatic heterocycles. The molecule has 1 aliphatic rings. The van der Waals surface area contributed by atoms with Crippen LogP contribution in [0.25, 0.3) is 0 Å². The Morgan fingerprint density at radius 3 is 2.67 bits per heavy atom. The second-order valence-corrected chi connectivity index (χ2v) is 7.41. The van der Waals surface area contributed by atoms with Gasteiger partial charge in [-0.25, -0.2) is 8.42 Å². The summed E-state index contributed by atoms with van der Waals surface area (Å²) in [6, 6.07) is 5.97. The van der Waals surface area contributed by atoms with Crippen molar-refractivity contribution in [1.29, 1.82) is 0 Å². The Bertz CT molecular complexity index is 741. The minimum absolute atomic E-state index is 0.0522. The van der Waals surface area contributed by atoms with E-state index in [-0.39, 0.29) is 4.90 Å².